The van der Waals surface area contributed by atoms with Gasteiger partial charge in [0.05, 0.1) is 17.1 Å². The number of H-pyrrole nitrogens is 2. The number of piperidine rings is 1. The molecule has 1 aromatic carbocycles. The van der Waals surface area contributed by atoms with Crippen molar-refractivity contribution in [2.75, 3.05) is 26.2 Å². The molecule has 4 N–H and O–H groups in total. The van der Waals surface area contributed by atoms with E-state index >= 15 is 0 Å². The number of aliphatic hydroxyl groups is 1. The van der Waals surface area contributed by atoms with Gasteiger partial charge in [-0.3, -0.25) is 0 Å². The Morgan fingerprint density at radius 1 is 1.30 bits per heavy atom. The van der Waals surface area contributed by atoms with Crippen LogP contribution in [0.4, 0.5) is 0 Å². The van der Waals surface area contributed by atoms with Crippen LogP contribution in [0.5, 0.6) is 0 Å². The molecule has 1 fully saturated rings. The molecule has 0 saturated carbocycles. The van der Waals surface area contributed by atoms with E-state index in [1.807, 2.05) is 12.1 Å². The average Bonchev–Trinajstić information content (AvgIpc) is 2.92. The second kappa shape index (κ2) is 7.29. The van der Waals surface area contributed by atoms with Crippen molar-refractivity contribution in [2.45, 2.75) is 38.3 Å². The van der Waals surface area contributed by atoms with Gasteiger partial charge >= 0.3 is 5.69 Å². The molecule has 1 unspecified atom stereocenters. The van der Waals surface area contributed by atoms with Gasteiger partial charge in [0.25, 0.3) is 0 Å². The highest BCUT2D eigenvalue weighted by atomic mass is 16.3. The Morgan fingerprint density at radius 3 is 2.83 bits per heavy atom. The van der Waals surface area contributed by atoms with Crippen molar-refractivity contribution >= 4 is 11.0 Å². The Morgan fingerprint density at radius 2 is 2.04 bits per heavy atom. The van der Waals surface area contributed by atoms with E-state index in [0.717, 1.165) is 56.5 Å². The molecule has 2 heterocycles. The second-order valence-corrected chi connectivity index (χ2v) is 6.49. The van der Waals surface area contributed by atoms with Crippen molar-refractivity contribution in [3.63, 3.8) is 0 Å². The molecule has 23 heavy (non-hydrogen) atoms. The van der Waals surface area contributed by atoms with Gasteiger partial charge in [-0.25, -0.2) is 4.79 Å². The van der Waals surface area contributed by atoms with E-state index in [4.69, 9.17) is 0 Å². The Balaban J connectivity index is 1.44. The van der Waals surface area contributed by atoms with Crippen molar-refractivity contribution in [1.29, 1.82) is 0 Å². The van der Waals surface area contributed by atoms with Crippen LogP contribution in [0.25, 0.3) is 11.0 Å². The Bertz CT molecular complexity index is 685. The van der Waals surface area contributed by atoms with Crippen molar-refractivity contribution in [1.82, 2.24) is 20.2 Å². The fourth-order valence-corrected chi connectivity index (χ4v) is 3.20. The first-order chi connectivity index (χ1) is 11.1. The summed E-state index contributed by atoms with van der Waals surface area (Å²) in [6, 6.07) is 6.27. The summed E-state index contributed by atoms with van der Waals surface area (Å²) in [7, 11) is 0. The lowest BCUT2D eigenvalue weighted by Gasteiger charge is -2.29. The predicted octanol–water partition coefficient (Wildman–Crippen LogP) is 1.35. The van der Waals surface area contributed by atoms with E-state index in [2.05, 4.69) is 33.2 Å². The number of aliphatic hydroxyl groups excluding tert-OH is 1. The number of aromatic amines is 2. The van der Waals surface area contributed by atoms with Crippen LogP contribution < -0.4 is 11.0 Å². The van der Waals surface area contributed by atoms with Gasteiger partial charge in [0.2, 0.25) is 0 Å². The van der Waals surface area contributed by atoms with Crippen LogP contribution in [-0.2, 0) is 0 Å². The summed E-state index contributed by atoms with van der Waals surface area (Å²) < 4.78 is 0. The maximum Gasteiger partial charge on any atom is 0.323 e. The molecule has 3 rings (SSSR count). The summed E-state index contributed by atoms with van der Waals surface area (Å²) in [5, 5.41) is 13.1. The number of likely N-dealkylation sites (tertiary alicyclic amines) is 1. The first-order valence-electron chi connectivity index (χ1n) is 8.47. The fourth-order valence-electron chi connectivity index (χ4n) is 3.20. The Hall–Kier alpha value is -1.63. The third kappa shape index (κ3) is 4.22. The molecule has 0 spiro atoms. The molecule has 0 bridgehead atoms. The Kier molecular flexibility index (Phi) is 5.15. The number of fused-ring (bicyclic) bond motifs is 1. The van der Waals surface area contributed by atoms with Crippen LogP contribution in [0.15, 0.2) is 23.0 Å². The third-order valence-corrected chi connectivity index (χ3v) is 4.70. The minimum atomic E-state index is -0.163. The normalized spacial score (nSPS) is 18.5. The maximum absolute atomic E-state index is 11.3. The molecular weight excluding hydrogens is 292 g/mol. The quantitative estimate of drug-likeness (QED) is 0.606. The molecule has 0 radical (unpaired) electrons. The van der Waals surface area contributed by atoms with Crippen LogP contribution in [0, 0.1) is 0 Å². The summed E-state index contributed by atoms with van der Waals surface area (Å²) in [6.07, 6.45) is 2.81. The second-order valence-electron chi connectivity index (χ2n) is 6.49. The van der Waals surface area contributed by atoms with E-state index < -0.39 is 0 Å². The first kappa shape index (κ1) is 16.2. The molecule has 6 heteroatoms. The molecule has 6 nitrogen and oxygen atoms in total. The summed E-state index contributed by atoms with van der Waals surface area (Å²) in [6.45, 7) is 6.20. The van der Waals surface area contributed by atoms with E-state index in [1.54, 1.807) is 0 Å². The average molecular weight is 318 g/mol. The molecule has 1 atom stereocenters. The van der Waals surface area contributed by atoms with Gasteiger partial charge in [-0.1, -0.05) is 6.07 Å². The molecule has 0 aliphatic carbocycles. The predicted molar refractivity (Wildman–Crippen MR) is 91.6 cm³/mol. The molecule has 2 aromatic rings. The highest BCUT2D eigenvalue weighted by Gasteiger charge is 2.16. The van der Waals surface area contributed by atoms with E-state index in [-0.39, 0.29) is 17.8 Å². The van der Waals surface area contributed by atoms with Gasteiger partial charge < -0.3 is 25.3 Å². The first-order valence-corrected chi connectivity index (χ1v) is 8.47. The standard InChI is InChI=1S/C17H26N4O2/c1-12(13-3-4-15-16(11-13)20-17(23)19-15)18-7-2-8-21-9-5-14(22)6-10-21/h3-4,11-12,14,18,22H,2,5-10H2,1H3,(H2,19,20,23). The molecule has 126 valence electrons. The topological polar surface area (TPSA) is 84.2 Å². The Labute approximate surface area is 135 Å². The maximum atomic E-state index is 11.3. The summed E-state index contributed by atoms with van der Waals surface area (Å²) in [5.74, 6) is 0. The summed E-state index contributed by atoms with van der Waals surface area (Å²) in [5.41, 5.74) is 2.71. The molecule has 1 aromatic heterocycles. The minimum absolute atomic E-state index is 0.0980. The van der Waals surface area contributed by atoms with E-state index in [0.29, 0.717) is 0 Å². The van der Waals surface area contributed by atoms with E-state index in [1.165, 1.54) is 5.56 Å². The number of aromatic nitrogens is 2. The van der Waals surface area contributed by atoms with Crippen LogP contribution in [0.3, 0.4) is 0 Å². The van der Waals surface area contributed by atoms with Crippen molar-refractivity contribution < 1.29 is 5.11 Å². The number of rotatable bonds is 6. The highest BCUT2D eigenvalue weighted by molar-refractivity contribution is 5.75. The molecule has 1 aliphatic rings. The summed E-state index contributed by atoms with van der Waals surface area (Å²) >= 11 is 0. The van der Waals surface area contributed by atoms with Gasteiger partial charge in [0.15, 0.2) is 0 Å². The van der Waals surface area contributed by atoms with Crippen molar-refractivity contribution in [3.05, 3.63) is 34.2 Å². The zero-order chi connectivity index (χ0) is 16.2. The molecular formula is C17H26N4O2. The lowest BCUT2D eigenvalue weighted by molar-refractivity contribution is 0.0820. The van der Waals surface area contributed by atoms with Gasteiger partial charge in [0, 0.05) is 19.1 Å². The highest BCUT2D eigenvalue weighted by Crippen LogP contribution is 2.17. The monoisotopic (exact) mass is 318 g/mol. The van der Waals surface area contributed by atoms with Crippen LogP contribution >= 0.6 is 0 Å². The van der Waals surface area contributed by atoms with Gasteiger partial charge in [-0.15, -0.1) is 0 Å². The fraction of sp³-hybridized carbons (Fsp3) is 0.588. The lowest BCUT2D eigenvalue weighted by Crippen LogP contribution is -2.37. The number of imidazole rings is 1. The smallest absolute Gasteiger partial charge is 0.323 e. The van der Waals surface area contributed by atoms with E-state index in [9.17, 15) is 9.90 Å². The third-order valence-electron chi connectivity index (χ3n) is 4.70. The lowest BCUT2D eigenvalue weighted by atomic mass is 10.1. The minimum Gasteiger partial charge on any atom is -0.393 e. The molecule has 0 amide bonds. The zero-order valence-corrected chi connectivity index (χ0v) is 13.6. The zero-order valence-electron chi connectivity index (χ0n) is 13.6. The number of nitrogens with zero attached hydrogens (tertiary/aromatic N) is 1. The van der Waals surface area contributed by atoms with Gasteiger partial charge in [-0.2, -0.15) is 0 Å². The SMILES string of the molecule is CC(NCCCN1CCC(O)CC1)c1ccc2[nH]c(=O)[nH]c2c1. The van der Waals surface area contributed by atoms with Crippen LogP contribution in [0.2, 0.25) is 0 Å². The largest absolute Gasteiger partial charge is 0.393 e. The van der Waals surface area contributed by atoms with Crippen LogP contribution in [-0.4, -0.2) is 52.3 Å². The van der Waals surface area contributed by atoms with Gasteiger partial charge in [0.1, 0.15) is 0 Å². The van der Waals surface area contributed by atoms with Crippen LogP contribution in [0.1, 0.15) is 37.8 Å². The molecule has 1 aliphatic heterocycles. The number of nitrogens with one attached hydrogen (secondary N) is 3. The van der Waals surface area contributed by atoms with Crippen molar-refractivity contribution in [3.8, 4) is 0 Å². The summed E-state index contributed by atoms with van der Waals surface area (Å²) in [4.78, 5) is 19.3. The molecule has 1 saturated heterocycles. The van der Waals surface area contributed by atoms with Crippen molar-refractivity contribution in [2.24, 2.45) is 0 Å². The number of benzene rings is 1. The van der Waals surface area contributed by atoms with Gasteiger partial charge in [-0.05, 0) is 57.0 Å². The number of hydrogen-bond donors (Lipinski definition) is 4. The number of hydrogen-bond acceptors (Lipinski definition) is 4.